The fourth-order valence-electron chi connectivity index (χ4n) is 3.69. The molecule has 4 nitrogen and oxygen atoms in total. The second-order valence-corrected chi connectivity index (χ2v) is 6.94. The summed E-state index contributed by atoms with van der Waals surface area (Å²) in [6.07, 6.45) is 2.06. The third-order valence-electron chi connectivity index (χ3n) is 5.13. The summed E-state index contributed by atoms with van der Waals surface area (Å²) in [6, 6.07) is 22.7. The summed E-state index contributed by atoms with van der Waals surface area (Å²) >= 11 is 0. The van der Waals surface area contributed by atoms with Crippen molar-refractivity contribution < 1.29 is 9.13 Å². The van der Waals surface area contributed by atoms with Crippen LogP contribution in [0.25, 0.3) is 33.4 Å². The van der Waals surface area contributed by atoms with Crippen LogP contribution in [0.2, 0.25) is 0 Å². The summed E-state index contributed by atoms with van der Waals surface area (Å²) in [5.41, 5.74) is 5.40. The molecule has 0 amide bonds. The van der Waals surface area contributed by atoms with Crippen molar-refractivity contribution in [2.45, 2.75) is 6.54 Å². The van der Waals surface area contributed by atoms with Gasteiger partial charge in [-0.05, 0) is 48.0 Å². The van der Waals surface area contributed by atoms with Crippen LogP contribution in [0.1, 0.15) is 5.56 Å². The molecule has 0 saturated carbocycles. The standard InChI is InChI=1S/C24H18FN3O/c1-29-19-10-7-17(8-11-19)23-21-15-28(14-16-5-3-2-4-6-16)22-12-9-18(25)13-20(22)24(21)27-26-23/h2-13,15H,14H2,1H3. The molecule has 0 spiro atoms. The predicted octanol–water partition coefficient (Wildman–Crippen LogP) is 5.40. The molecule has 2 heterocycles. The van der Waals surface area contributed by atoms with E-state index in [0.29, 0.717) is 12.2 Å². The normalized spacial score (nSPS) is 11.2. The minimum absolute atomic E-state index is 0.287. The number of fused-ring (bicyclic) bond motifs is 3. The second kappa shape index (κ2) is 7.02. The number of rotatable bonds is 4. The molecular formula is C24H18FN3O. The maximum Gasteiger partial charge on any atom is 0.124 e. The Labute approximate surface area is 167 Å². The van der Waals surface area contributed by atoms with Gasteiger partial charge in [0, 0.05) is 29.3 Å². The molecule has 5 rings (SSSR count). The number of nitrogens with zero attached hydrogens (tertiary/aromatic N) is 3. The van der Waals surface area contributed by atoms with Gasteiger partial charge in [0.2, 0.25) is 0 Å². The zero-order valence-electron chi connectivity index (χ0n) is 15.8. The van der Waals surface area contributed by atoms with E-state index >= 15 is 0 Å². The lowest BCUT2D eigenvalue weighted by Crippen LogP contribution is -2.04. The van der Waals surface area contributed by atoms with E-state index in [0.717, 1.165) is 33.5 Å². The van der Waals surface area contributed by atoms with Crippen molar-refractivity contribution in [2.75, 3.05) is 7.11 Å². The summed E-state index contributed by atoms with van der Waals surface area (Å²) < 4.78 is 21.4. The molecule has 29 heavy (non-hydrogen) atoms. The SMILES string of the molecule is COc1ccc(-c2nnc3c4cc(F)ccc4n(Cc4ccccc4)cc2-3)cc1. The summed E-state index contributed by atoms with van der Waals surface area (Å²) in [4.78, 5) is 0. The second-order valence-electron chi connectivity index (χ2n) is 6.94. The van der Waals surface area contributed by atoms with Crippen LogP contribution < -0.4 is 4.74 Å². The van der Waals surface area contributed by atoms with Crippen LogP contribution in [0, 0.1) is 5.82 Å². The lowest BCUT2D eigenvalue weighted by atomic mass is 10.0. The highest BCUT2D eigenvalue weighted by molar-refractivity contribution is 5.98. The molecule has 0 fully saturated rings. The first kappa shape index (κ1) is 17.4. The number of aromatic nitrogens is 3. The number of methoxy groups -OCH3 is 1. The van der Waals surface area contributed by atoms with Crippen LogP contribution in [-0.2, 0) is 6.54 Å². The zero-order valence-corrected chi connectivity index (χ0v) is 15.8. The largest absolute Gasteiger partial charge is 0.497 e. The Morgan fingerprint density at radius 1 is 0.897 bits per heavy atom. The fourth-order valence-corrected chi connectivity index (χ4v) is 3.69. The van der Waals surface area contributed by atoms with Crippen LogP contribution in [-0.4, -0.2) is 21.9 Å². The highest BCUT2D eigenvalue weighted by Gasteiger charge is 2.20. The molecule has 142 valence electrons. The summed E-state index contributed by atoms with van der Waals surface area (Å²) in [6.45, 7) is 0.673. The molecule has 2 aliphatic heterocycles. The van der Waals surface area contributed by atoms with Crippen molar-refractivity contribution in [1.82, 2.24) is 14.8 Å². The predicted molar refractivity (Wildman–Crippen MR) is 112 cm³/mol. The van der Waals surface area contributed by atoms with Crippen molar-refractivity contribution in [3.05, 3.63) is 90.4 Å². The molecular weight excluding hydrogens is 365 g/mol. The van der Waals surface area contributed by atoms with Crippen molar-refractivity contribution in [2.24, 2.45) is 0 Å². The maximum absolute atomic E-state index is 14.1. The average molecular weight is 383 g/mol. The summed E-state index contributed by atoms with van der Waals surface area (Å²) in [5, 5.41) is 9.57. The van der Waals surface area contributed by atoms with E-state index in [2.05, 4.69) is 33.1 Å². The Kier molecular flexibility index (Phi) is 4.21. The number of ether oxygens (including phenoxy) is 1. The molecule has 2 aliphatic rings. The van der Waals surface area contributed by atoms with Gasteiger partial charge < -0.3 is 9.30 Å². The van der Waals surface area contributed by atoms with Gasteiger partial charge in [-0.1, -0.05) is 30.3 Å². The Hall–Kier alpha value is -3.73. The van der Waals surface area contributed by atoms with E-state index in [4.69, 9.17) is 4.74 Å². The summed E-state index contributed by atoms with van der Waals surface area (Å²) in [5.74, 6) is 0.495. The first-order chi connectivity index (χ1) is 14.2. The Morgan fingerprint density at radius 2 is 1.66 bits per heavy atom. The number of benzene rings is 3. The number of hydrogen-bond acceptors (Lipinski definition) is 3. The Balaban J connectivity index is 1.72. The average Bonchev–Trinajstić information content (AvgIpc) is 3.18. The van der Waals surface area contributed by atoms with E-state index < -0.39 is 0 Å². The maximum atomic E-state index is 14.1. The molecule has 0 saturated heterocycles. The van der Waals surface area contributed by atoms with Crippen molar-refractivity contribution in [3.8, 4) is 28.3 Å². The molecule has 0 radical (unpaired) electrons. The number of halogens is 1. The van der Waals surface area contributed by atoms with Gasteiger partial charge in [0.25, 0.3) is 0 Å². The molecule has 3 aromatic carbocycles. The van der Waals surface area contributed by atoms with Gasteiger partial charge in [-0.3, -0.25) is 0 Å². The van der Waals surface area contributed by atoms with Crippen LogP contribution >= 0.6 is 0 Å². The molecule has 0 unspecified atom stereocenters. The minimum Gasteiger partial charge on any atom is -0.497 e. The zero-order chi connectivity index (χ0) is 19.8. The van der Waals surface area contributed by atoms with Gasteiger partial charge in [-0.2, -0.15) is 0 Å². The molecule has 3 aromatic rings. The van der Waals surface area contributed by atoms with Crippen LogP contribution in [0.15, 0.2) is 79.0 Å². The molecule has 0 aromatic heterocycles. The van der Waals surface area contributed by atoms with Crippen LogP contribution in [0.4, 0.5) is 4.39 Å². The van der Waals surface area contributed by atoms with Crippen molar-refractivity contribution >= 4 is 10.9 Å². The lowest BCUT2D eigenvalue weighted by molar-refractivity contribution is 0.415. The monoisotopic (exact) mass is 383 g/mol. The molecule has 0 N–H and O–H groups in total. The molecule has 0 atom stereocenters. The number of hydrogen-bond donors (Lipinski definition) is 0. The topological polar surface area (TPSA) is 39.9 Å². The van der Waals surface area contributed by atoms with E-state index in [1.54, 1.807) is 13.2 Å². The van der Waals surface area contributed by atoms with Crippen molar-refractivity contribution in [3.63, 3.8) is 0 Å². The highest BCUT2D eigenvalue weighted by atomic mass is 19.1. The lowest BCUT2D eigenvalue weighted by Gasteiger charge is -2.15. The molecule has 0 bridgehead atoms. The summed E-state index contributed by atoms with van der Waals surface area (Å²) in [7, 11) is 1.64. The van der Waals surface area contributed by atoms with Gasteiger partial charge in [0.15, 0.2) is 0 Å². The van der Waals surface area contributed by atoms with E-state index in [9.17, 15) is 4.39 Å². The third-order valence-corrected chi connectivity index (χ3v) is 5.13. The van der Waals surface area contributed by atoms with Crippen LogP contribution in [0.3, 0.4) is 0 Å². The Morgan fingerprint density at radius 3 is 2.41 bits per heavy atom. The number of pyridine rings is 1. The highest BCUT2D eigenvalue weighted by Crippen LogP contribution is 2.37. The third kappa shape index (κ3) is 3.10. The first-order valence-electron chi connectivity index (χ1n) is 9.36. The van der Waals surface area contributed by atoms with Crippen molar-refractivity contribution in [1.29, 1.82) is 0 Å². The molecule has 0 aliphatic carbocycles. The van der Waals surface area contributed by atoms with Gasteiger partial charge in [-0.15, -0.1) is 10.2 Å². The Bertz CT molecular complexity index is 1260. The van der Waals surface area contributed by atoms with Gasteiger partial charge in [0.05, 0.1) is 12.6 Å². The van der Waals surface area contributed by atoms with Gasteiger partial charge >= 0.3 is 0 Å². The van der Waals surface area contributed by atoms with Crippen LogP contribution in [0.5, 0.6) is 5.75 Å². The van der Waals surface area contributed by atoms with Gasteiger partial charge in [0.1, 0.15) is 23.0 Å². The fraction of sp³-hybridized carbons (Fsp3) is 0.0833. The minimum atomic E-state index is -0.287. The van der Waals surface area contributed by atoms with Gasteiger partial charge in [-0.25, -0.2) is 4.39 Å². The first-order valence-corrected chi connectivity index (χ1v) is 9.36. The smallest absolute Gasteiger partial charge is 0.124 e. The van der Waals surface area contributed by atoms with E-state index in [1.807, 2.05) is 42.5 Å². The van der Waals surface area contributed by atoms with E-state index in [-0.39, 0.29) is 5.82 Å². The van der Waals surface area contributed by atoms with E-state index in [1.165, 1.54) is 17.7 Å². The quantitative estimate of drug-likeness (QED) is 0.417. The molecule has 5 heteroatoms.